The number of aromatic nitrogens is 2. The highest BCUT2D eigenvalue weighted by Gasteiger charge is 2.06. The van der Waals surface area contributed by atoms with Crippen molar-refractivity contribution in [2.45, 2.75) is 19.9 Å². The van der Waals surface area contributed by atoms with E-state index in [0.29, 0.717) is 13.2 Å². The van der Waals surface area contributed by atoms with E-state index in [0.717, 1.165) is 11.5 Å². The molecule has 1 rings (SSSR count). The maximum Gasteiger partial charge on any atom is 0.125 e. The summed E-state index contributed by atoms with van der Waals surface area (Å²) >= 11 is 0. The first kappa shape index (κ1) is 10.1. The molecule has 2 N–H and O–H groups in total. The molecule has 0 bridgehead atoms. The Balaban J connectivity index is 2.60. The first-order valence-electron chi connectivity index (χ1n) is 4.37. The molecule has 1 atom stereocenters. The summed E-state index contributed by atoms with van der Waals surface area (Å²) in [6.45, 7) is 4.97. The van der Waals surface area contributed by atoms with Gasteiger partial charge >= 0.3 is 0 Å². The van der Waals surface area contributed by atoms with Crippen LogP contribution in [0.15, 0.2) is 12.3 Å². The van der Waals surface area contributed by atoms with Crippen LogP contribution in [0.3, 0.4) is 0 Å². The number of ether oxygens (including phenoxy) is 1. The Morgan fingerprint density at radius 3 is 3.00 bits per heavy atom. The molecular weight excluding hydrogens is 166 g/mol. The summed E-state index contributed by atoms with van der Waals surface area (Å²) in [7, 11) is 0. The lowest BCUT2D eigenvalue weighted by Gasteiger charge is -2.10. The van der Waals surface area contributed by atoms with Gasteiger partial charge in [-0.15, -0.1) is 0 Å². The van der Waals surface area contributed by atoms with Crippen molar-refractivity contribution < 1.29 is 4.74 Å². The van der Waals surface area contributed by atoms with Crippen molar-refractivity contribution in [2.24, 2.45) is 5.73 Å². The lowest BCUT2D eigenvalue weighted by molar-refractivity contribution is 0.132. The van der Waals surface area contributed by atoms with Crippen LogP contribution in [0, 0.1) is 6.92 Å². The van der Waals surface area contributed by atoms with Crippen molar-refractivity contribution in [3.8, 4) is 0 Å². The number of nitrogens with zero attached hydrogens (tertiary/aromatic N) is 2. The molecule has 1 aromatic heterocycles. The zero-order valence-electron chi connectivity index (χ0n) is 8.03. The van der Waals surface area contributed by atoms with E-state index in [-0.39, 0.29) is 6.04 Å². The Morgan fingerprint density at radius 2 is 2.38 bits per heavy atom. The van der Waals surface area contributed by atoms with Gasteiger partial charge < -0.3 is 10.5 Å². The van der Waals surface area contributed by atoms with Crippen LogP contribution in [0.1, 0.15) is 24.5 Å². The van der Waals surface area contributed by atoms with Crippen LogP contribution in [-0.4, -0.2) is 23.2 Å². The van der Waals surface area contributed by atoms with Gasteiger partial charge in [0.15, 0.2) is 0 Å². The smallest absolute Gasteiger partial charge is 0.125 e. The molecule has 72 valence electrons. The SMILES string of the molecule is CCOCC(N)c1ccnc(C)n1. The number of nitrogens with two attached hydrogens (primary N) is 1. The minimum absolute atomic E-state index is 0.151. The van der Waals surface area contributed by atoms with E-state index in [2.05, 4.69) is 9.97 Å². The average Bonchev–Trinajstić information content (AvgIpc) is 2.14. The Bertz CT molecular complexity index is 265. The van der Waals surface area contributed by atoms with Gasteiger partial charge in [-0.3, -0.25) is 0 Å². The van der Waals surface area contributed by atoms with Gasteiger partial charge in [-0.2, -0.15) is 0 Å². The molecule has 4 nitrogen and oxygen atoms in total. The minimum Gasteiger partial charge on any atom is -0.380 e. The van der Waals surface area contributed by atoms with E-state index >= 15 is 0 Å². The standard InChI is InChI=1S/C9H15N3O/c1-3-13-6-8(10)9-4-5-11-7(2)12-9/h4-5,8H,3,6,10H2,1-2H3. The molecule has 0 fully saturated rings. The third kappa shape index (κ3) is 3.08. The summed E-state index contributed by atoms with van der Waals surface area (Å²) in [4.78, 5) is 8.20. The van der Waals surface area contributed by atoms with E-state index in [1.807, 2.05) is 19.9 Å². The molecular formula is C9H15N3O. The zero-order chi connectivity index (χ0) is 9.68. The molecule has 0 amide bonds. The zero-order valence-corrected chi connectivity index (χ0v) is 8.03. The topological polar surface area (TPSA) is 61.0 Å². The van der Waals surface area contributed by atoms with E-state index in [9.17, 15) is 0 Å². The van der Waals surface area contributed by atoms with Crippen LogP contribution in [0.25, 0.3) is 0 Å². The quantitative estimate of drug-likeness (QED) is 0.747. The van der Waals surface area contributed by atoms with Crippen LogP contribution in [0.4, 0.5) is 0 Å². The molecule has 0 aliphatic rings. The monoisotopic (exact) mass is 181 g/mol. The summed E-state index contributed by atoms with van der Waals surface area (Å²) in [5, 5.41) is 0. The summed E-state index contributed by atoms with van der Waals surface area (Å²) < 4.78 is 5.20. The number of rotatable bonds is 4. The summed E-state index contributed by atoms with van der Waals surface area (Å²) in [5.41, 5.74) is 6.67. The molecule has 1 unspecified atom stereocenters. The first-order valence-corrected chi connectivity index (χ1v) is 4.37. The lowest BCUT2D eigenvalue weighted by Crippen LogP contribution is -2.18. The van der Waals surface area contributed by atoms with Crippen LogP contribution in [-0.2, 0) is 4.74 Å². The Hall–Kier alpha value is -1.00. The number of aryl methyl sites for hydroxylation is 1. The molecule has 0 aromatic carbocycles. The first-order chi connectivity index (χ1) is 6.24. The van der Waals surface area contributed by atoms with E-state index in [1.165, 1.54) is 0 Å². The highest BCUT2D eigenvalue weighted by atomic mass is 16.5. The molecule has 1 heterocycles. The third-order valence-corrected chi connectivity index (χ3v) is 1.68. The molecule has 0 saturated carbocycles. The van der Waals surface area contributed by atoms with E-state index in [1.54, 1.807) is 6.20 Å². The Kier molecular flexibility index (Phi) is 3.79. The van der Waals surface area contributed by atoms with E-state index in [4.69, 9.17) is 10.5 Å². The molecule has 0 spiro atoms. The van der Waals surface area contributed by atoms with Crippen LogP contribution in [0.5, 0.6) is 0 Å². The van der Waals surface area contributed by atoms with Crippen molar-refractivity contribution in [3.05, 3.63) is 23.8 Å². The van der Waals surface area contributed by atoms with Gasteiger partial charge in [0.1, 0.15) is 5.82 Å². The van der Waals surface area contributed by atoms with Crippen molar-refractivity contribution in [2.75, 3.05) is 13.2 Å². The molecule has 0 aliphatic carbocycles. The fourth-order valence-corrected chi connectivity index (χ4v) is 1.01. The summed E-state index contributed by atoms with van der Waals surface area (Å²) in [6, 6.07) is 1.66. The van der Waals surface area contributed by atoms with Gasteiger partial charge in [-0.25, -0.2) is 9.97 Å². The minimum atomic E-state index is -0.151. The molecule has 0 radical (unpaired) electrons. The third-order valence-electron chi connectivity index (χ3n) is 1.68. The van der Waals surface area contributed by atoms with Gasteiger partial charge in [0.25, 0.3) is 0 Å². The number of hydrogen-bond donors (Lipinski definition) is 1. The Labute approximate surface area is 78.1 Å². The molecule has 13 heavy (non-hydrogen) atoms. The fraction of sp³-hybridized carbons (Fsp3) is 0.556. The van der Waals surface area contributed by atoms with Crippen LogP contribution < -0.4 is 5.73 Å². The molecule has 4 heteroatoms. The molecule has 0 aliphatic heterocycles. The highest BCUT2D eigenvalue weighted by molar-refractivity contribution is 5.06. The molecule has 1 aromatic rings. The van der Waals surface area contributed by atoms with Crippen molar-refractivity contribution in [1.29, 1.82) is 0 Å². The average molecular weight is 181 g/mol. The maximum atomic E-state index is 5.83. The second-order valence-corrected chi connectivity index (χ2v) is 2.79. The van der Waals surface area contributed by atoms with Crippen molar-refractivity contribution >= 4 is 0 Å². The second-order valence-electron chi connectivity index (χ2n) is 2.79. The predicted molar refractivity (Wildman–Crippen MR) is 50.2 cm³/mol. The highest BCUT2D eigenvalue weighted by Crippen LogP contribution is 2.06. The normalized spacial score (nSPS) is 12.8. The van der Waals surface area contributed by atoms with Crippen molar-refractivity contribution in [3.63, 3.8) is 0 Å². The van der Waals surface area contributed by atoms with Crippen LogP contribution in [0.2, 0.25) is 0 Å². The van der Waals surface area contributed by atoms with E-state index < -0.39 is 0 Å². The predicted octanol–water partition coefficient (Wildman–Crippen LogP) is 0.821. The maximum absolute atomic E-state index is 5.83. The van der Waals surface area contributed by atoms with Gasteiger partial charge in [0, 0.05) is 12.8 Å². The lowest BCUT2D eigenvalue weighted by atomic mass is 10.2. The van der Waals surface area contributed by atoms with Gasteiger partial charge in [0.2, 0.25) is 0 Å². The Morgan fingerprint density at radius 1 is 1.62 bits per heavy atom. The van der Waals surface area contributed by atoms with Crippen LogP contribution >= 0.6 is 0 Å². The fourth-order valence-electron chi connectivity index (χ4n) is 1.01. The van der Waals surface area contributed by atoms with Gasteiger partial charge in [0.05, 0.1) is 18.3 Å². The van der Waals surface area contributed by atoms with Gasteiger partial charge in [-0.1, -0.05) is 0 Å². The summed E-state index contributed by atoms with van der Waals surface area (Å²) in [5.74, 6) is 0.740. The molecule has 0 saturated heterocycles. The van der Waals surface area contributed by atoms with Gasteiger partial charge in [-0.05, 0) is 19.9 Å². The second kappa shape index (κ2) is 4.89. The summed E-state index contributed by atoms with van der Waals surface area (Å²) in [6.07, 6.45) is 1.71. The van der Waals surface area contributed by atoms with Crippen molar-refractivity contribution in [1.82, 2.24) is 9.97 Å². The largest absolute Gasteiger partial charge is 0.380 e. The number of hydrogen-bond acceptors (Lipinski definition) is 4.